The van der Waals surface area contributed by atoms with Crippen molar-refractivity contribution in [3.05, 3.63) is 159 Å². The van der Waals surface area contributed by atoms with Crippen LogP contribution in [0, 0.1) is 0 Å². The lowest BCUT2D eigenvalue weighted by Crippen LogP contribution is -2.39. The number of ether oxygens (including phenoxy) is 4. The van der Waals surface area contributed by atoms with E-state index in [9.17, 15) is 19.2 Å². The Morgan fingerprint density at radius 1 is 0.513 bits per heavy atom. The van der Waals surface area contributed by atoms with Crippen molar-refractivity contribution >= 4 is 80.0 Å². The van der Waals surface area contributed by atoms with Crippen LogP contribution in [0.3, 0.4) is 0 Å². The van der Waals surface area contributed by atoms with Gasteiger partial charge in [0.25, 0.3) is 11.1 Å². The highest BCUT2D eigenvalue weighted by atomic mass is 35.5. The Morgan fingerprint density at radius 2 is 0.908 bits per heavy atom. The Kier molecular flexibility index (Phi) is 20.9. The SMILES string of the molecule is CN1Cc2c(Cl)cc(Cl)cc2C(c2ccc3c(=O)n(CCOCCOCCNC(=O)NCCCCNC(=O)NCCOCCOCCn4ccc5cc(C6CN(C)Cc7c(Cl)cc(Cl)cc76)ccc5c4=O)ccc3c2)C1. The van der Waals surface area contributed by atoms with E-state index >= 15 is 0 Å². The van der Waals surface area contributed by atoms with Gasteiger partial charge in [0.05, 0.1) is 52.9 Å². The van der Waals surface area contributed by atoms with Crippen molar-refractivity contribution in [1.29, 1.82) is 0 Å². The van der Waals surface area contributed by atoms with Gasteiger partial charge in [0.15, 0.2) is 0 Å². The van der Waals surface area contributed by atoms with Crippen LogP contribution in [0.25, 0.3) is 21.5 Å². The zero-order valence-corrected chi connectivity index (χ0v) is 46.0. The molecule has 2 aromatic heterocycles. The van der Waals surface area contributed by atoms with Crippen LogP contribution in [0.2, 0.25) is 20.1 Å². The van der Waals surface area contributed by atoms with Crippen LogP contribution >= 0.6 is 46.4 Å². The van der Waals surface area contributed by atoms with Crippen LogP contribution in [0.5, 0.6) is 0 Å². The van der Waals surface area contributed by atoms with E-state index in [2.05, 4.69) is 57.3 Å². The minimum Gasteiger partial charge on any atom is -0.377 e. The number of benzene rings is 4. The average Bonchev–Trinajstić information content (AvgIpc) is 3.43. The van der Waals surface area contributed by atoms with E-state index in [0.717, 1.165) is 70.3 Å². The first-order valence-electron chi connectivity index (χ1n) is 25.8. The molecule has 4 heterocycles. The summed E-state index contributed by atoms with van der Waals surface area (Å²) < 4.78 is 25.9. The fourth-order valence-electron chi connectivity index (χ4n) is 9.88. The average molecular weight is 1120 g/mol. The zero-order chi connectivity index (χ0) is 53.6. The number of amides is 4. The number of nitrogens with one attached hydrogen (secondary N) is 4. The third-order valence-electron chi connectivity index (χ3n) is 13.7. The highest BCUT2D eigenvalue weighted by Crippen LogP contribution is 2.40. The summed E-state index contributed by atoms with van der Waals surface area (Å²) in [5, 5.41) is 16.8. The summed E-state index contributed by atoms with van der Waals surface area (Å²) >= 11 is 25.9. The quantitative estimate of drug-likeness (QED) is 0.0410. The van der Waals surface area contributed by atoms with Gasteiger partial charge in [0.1, 0.15) is 0 Å². The van der Waals surface area contributed by atoms with E-state index in [1.165, 1.54) is 0 Å². The molecule has 406 valence electrons. The molecule has 16 nitrogen and oxygen atoms in total. The first kappa shape index (κ1) is 56.9. The predicted molar refractivity (Wildman–Crippen MR) is 301 cm³/mol. The minimum atomic E-state index is -0.293. The number of likely N-dealkylation sites (N-methyl/N-ethyl adjacent to an activating group) is 2. The summed E-state index contributed by atoms with van der Waals surface area (Å²) in [5.41, 5.74) is 6.49. The Hall–Kier alpha value is -5.24. The van der Waals surface area contributed by atoms with Crippen molar-refractivity contribution in [1.82, 2.24) is 40.2 Å². The van der Waals surface area contributed by atoms with Gasteiger partial charge in [-0.1, -0.05) is 70.7 Å². The van der Waals surface area contributed by atoms with Crippen molar-refractivity contribution in [3.63, 3.8) is 0 Å². The summed E-state index contributed by atoms with van der Waals surface area (Å²) in [6.07, 6.45) is 4.98. The largest absolute Gasteiger partial charge is 0.377 e. The molecule has 0 radical (unpaired) electrons. The first-order chi connectivity index (χ1) is 36.8. The first-order valence-corrected chi connectivity index (χ1v) is 27.3. The summed E-state index contributed by atoms with van der Waals surface area (Å²) in [7, 11) is 4.15. The normalized spacial score (nSPS) is 15.7. The number of carbonyl (C=O) groups is 2. The van der Waals surface area contributed by atoms with Gasteiger partial charge in [-0.05, 0) is 120 Å². The van der Waals surface area contributed by atoms with E-state index in [1.54, 1.807) is 33.7 Å². The number of unbranched alkanes of at least 4 members (excludes halogenated alkanes) is 1. The van der Waals surface area contributed by atoms with E-state index in [-0.39, 0.29) is 35.0 Å². The molecule has 76 heavy (non-hydrogen) atoms. The summed E-state index contributed by atoms with van der Waals surface area (Å²) in [5.74, 6) is 0.168. The number of halogens is 4. The van der Waals surface area contributed by atoms with Gasteiger partial charge in [-0.15, -0.1) is 0 Å². The molecular formula is C56H66Cl4N8O8. The maximum atomic E-state index is 13.3. The summed E-state index contributed by atoms with van der Waals surface area (Å²) in [4.78, 5) is 55.5. The second-order valence-electron chi connectivity index (χ2n) is 19.3. The van der Waals surface area contributed by atoms with Crippen molar-refractivity contribution in [3.8, 4) is 0 Å². The van der Waals surface area contributed by atoms with E-state index in [4.69, 9.17) is 65.4 Å². The van der Waals surface area contributed by atoms with Crippen LogP contribution in [0.1, 0.15) is 58.1 Å². The van der Waals surface area contributed by atoms with Gasteiger partial charge >= 0.3 is 12.1 Å². The molecule has 0 aliphatic carbocycles. The number of hydrogen-bond donors (Lipinski definition) is 4. The molecule has 0 spiro atoms. The standard InChI is InChI=1S/C56H66Cl4N8O8/c1-65-33-47(45-29-41(57)31-51(59)49(45)35-65)37-5-7-43-39(27-37)9-15-67(53(43)69)17-21-75-25-23-73-19-13-63-55(71)61-11-3-4-12-62-56(72)64-14-20-74-24-26-76-22-18-68-16-10-40-28-38(6-8-44(40)54(68)70)48-34-66(2)36-50-46(48)30-42(58)32-52(50)60/h5-10,15-16,27-32,47-48H,3-4,11-14,17-26,33-36H2,1-2H3,(H2,61,63,71)(H2,62,64,72). The molecule has 0 fully saturated rings. The number of nitrogens with zero attached hydrogens (tertiary/aromatic N) is 4. The second kappa shape index (κ2) is 27.9. The van der Waals surface area contributed by atoms with Crippen LogP contribution in [0.4, 0.5) is 9.59 Å². The number of pyridine rings is 2. The minimum absolute atomic E-state index is 0.0741. The number of hydrogen-bond acceptors (Lipinski definition) is 10. The molecule has 8 rings (SSSR count). The Morgan fingerprint density at radius 3 is 1.33 bits per heavy atom. The Balaban J connectivity index is 0.599. The van der Waals surface area contributed by atoms with Crippen molar-refractivity contribution < 1.29 is 28.5 Å². The molecule has 4 N–H and O–H groups in total. The number of aromatic nitrogens is 2. The molecule has 2 unspecified atom stereocenters. The third-order valence-corrected chi connectivity index (χ3v) is 14.8. The van der Waals surface area contributed by atoms with Crippen LogP contribution < -0.4 is 32.4 Å². The summed E-state index contributed by atoms with van der Waals surface area (Å²) in [6.45, 7) is 8.32. The fourth-order valence-corrected chi connectivity index (χ4v) is 11.0. The lowest BCUT2D eigenvalue weighted by molar-refractivity contribution is 0.0462. The van der Waals surface area contributed by atoms with Gasteiger partial charge in [-0.2, -0.15) is 0 Å². The molecule has 2 aliphatic heterocycles. The van der Waals surface area contributed by atoms with Crippen LogP contribution in [-0.4, -0.2) is 137 Å². The lowest BCUT2D eigenvalue weighted by atomic mass is 9.84. The zero-order valence-electron chi connectivity index (χ0n) is 42.9. The third kappa shape index (κ3) is 15.3. The molecule has 4 aromatic carbocycles. The number of fused-ring (bicyclic) bond motifs is 4. The fraction of sp³-hybridized carbons (Fsp3) is 0.429. The van der Waals surface area contributed by atoms with Gasteiger partial charge < -0.3 is 59.1 Å². The summed E-state index contributed by atoms with van der Waals surface area (Å²) in [6, 6.07) is 22.9. The molecule has 6 aromatic rings. The van der Waals surface area contributed by atoms with Gasteiger partial charge in [0.2, 0.25) is 0 Å². The number of rotatable bonds is 25. The molecule has 2 atom stereocenters. The molecular weight excluding hydrogens is 1050 g/mol. The maximum absolute atomic E-state index is 13.3. The highest BCUT2D eigenvalue weighted by molar-refractivity contribution is 6.35. The highest BCUT2D eigenvalue weighted by Gasteiger charge is 2.29. The lowest BCUT2D eigenvalue weighted by Gasteiger charge is -2.33. The van der Waals surface area contributed by atoms with E-state index in [0.29, 0.717) is 136 Å². The monoisotopic (exact) mass is 1120 g/mol. The second-order valence-corrected chi connectivity index (χ2v) is 20.9. The van der Waals surface area contributed by atoms with Gasteiger partial charge in [0, 0.05) is 121 Å². The molecule has 4 amide bonds. The molecule has 0 bridgehead atoms. The molecule has 20 heteroatoms. The Bertz CT molecular complexity index is 2900. The topological polar surface area (TPSA) is 170 Å². The van der Waals surface area contributed by atoms with E-state index in [1.807, 2.05) is 48.5 Å². The van der Waals surface area contributed by atoms with Gasteiger partial charge in [-0.3, -0.25) is 9.59 Å². The smallest absolute Gasteiger partial charge is 0.314 e. The van der Waals surface area contributed by atoms with E-state index < -0.39 is 0 Å². The van der Waals surface area contributed by atoms with Crippen molar-refractivity contribution in [2.45, 2.75) is 50.9 Å². The van der Waals surface area contributed by atoms with Crippen molar-refractivity contribution in [2.75, 3.05) is 106 Å². The number of urea groups is 2. The van der Waals surface area contributed by atoms with Crippen LogP contribution in [-0.2, 0) is 45.1 Å². The van der Waals surface area contributed by atoms with Gasteiger partial charge in [-0.25, -0.2) is 9.59 Å². The maximum Gasteiger partial charge on any atom is 0.314 e. The molecule has 0 saturated carbocycles. The Labute approximate surface area is 462 Å². The number of carbonyl (C=O) groups excluding carboxylic acids is 2. The van der Waals surface area contributed by atoms with Crippen LogP contribution in [0.15, 0.2) is 94.8 Å². The molecule has 2 aliphatic rings. The predicted octanol–water partition coefficient (Wildman–Crippen LogP) is 8.23. The molecule has 0 saturated heterocycles. The van der Waals surface area contributed by atoms with Crippen molar-refractivity contribution in [2.24, 2.45) is 0 Å².